The van der Waals surface area contributed by atoms with Gasteiger partial charge in [0.15, 0.2) is 0 Å². The van der Waals surface area contributed by atoms with E-state index >= 15 is 0 Å². The number of ether oxygens (including phenoxy) is 1. The van der Waals surface area contributed by atoms with Gasteiger partial charge in [0.25, 0.3) is 0 Å². The molecule has 0 saturated carbocycles. The number of benzene rings is 1. The van der Waals surface area contributed by atoms with Gasteiger partial charge in [-0.25, -0.2) is 0 Å². The van der Waals surface area contributed by atoms with E-state index in [1.54, 1.807) is 0 Å². The number of nitrogens with zero attached hydrogens (tertiary/aromatic N) is 1. The van der Waals surface area contributed by atoms with Crippen molar-refractivity contribution >= 4 is 10.9 Å². The van der Waals surface area contributed by atoms with Gasteiger partial charge in [-0.05, 0) is 43.7 Å². The molecule has 0 atom stereocenters. The summed E-state index contributed by atoms with van der Waals surface area (Å²) >= 11 is 0. The molecule has 0 unspecified atom stereocenters. The summed E-state index contributed by atoms with van der Waals surface area (Å²) in [6.07, 6.45) is 4.38. The van der Waals surface area contributed by atoms with Gasteiger partial charge >= 0.3 is 0 Å². The van der Waals surface area contributed by atoms with E-state index in [1.807, 2.05) is 0 Å². The quantitative estimate of drug-likeness (QED) is 0.736. The van der Waals surface area contributed by atoms with Crippen molar-refractivity contribution in [2.24, 2.45) is 0 Å². The summed E-state index contributed by atoms with van der Waals surface area (Å²) in [5.74, 6) is 0.969. The predicted molar refractivity (Wildman–Crippen MR) is 80.9 cm³/mol. The zero-order chi connectivity index (χ0) is 13.5. The first-order valence-electron chi connectivity index (χ1n) is 7.27. The first-order chi connectivity index (χ1) is 9.35. The molecule has 1 aromatic heterocycles. The molecule has 1 heterocycles. The summed E-state index contributed by atoms with van der Waals surface area (Å²) in [5.41, 5.74) is 1.28. The molecule has 19 heavy (non-hydrogen) atoms. The maximum atomic E-state index is 5.66. The second-order valence-electron chi connectivity index (χ2n) is 4.83. The Morgan fingerprint density at radius 1 is 1.11 bits per heavy atom. The van der Waals surface area contributed by atoms with Gasteiger partial charge in [-0.2, -0.15) is 0 Å². The highest BCUT2D eigenvalue weighted by Gasteiger charge is 2.02. The lowest BCUT2D eigenvalue weighted by atomic mass is 10.2. The van der Waals surface area contributed by atoms with Crippen molar-refractivity contribution in [1.82, 2.24) is 9.88 Å². The minimum atomic E-state index is 0.785. The number of hydrogen-bond acceptors (Lipinski definition) is 2. The van der Waals surface area contributed by atoms with Crippen LogP contribution in [0.1, 0.15) is 26.7 Å². The van der Waals surface area contributed by atoms with Crippen molar-refractivity contribution in [3.63, 3.8) is 0 Å². The third kappa shape index (κ3) is 3.74. The topological polar surface area (TPSA) is 26.2 Å². The second-order valence-corrected chi connectivity index (χ2v) is 4.83. The van der Waals surface area contributed by atoms with Crippen LogP contribution >= 0.6 is 0 Å². The van der Waals surface area contributed by atoms with E-state index in [2.05, 4.69) is 54.2 Å². The van der Waals surface area contributed by atoms with Crippen LogP contribution in [0.25, 0.3) is 10.9 Å². The molecule has 0 aliphatic carbocycles. The largest absolute Gasteiger partial charge is 0.494 e. The van der Waals surface area contributed by atoms with Gasteiger partial charge in [-0.1, -0.05) is 13.8 Å². The number of fused-ring (bicyclic) bond motifs is 1. The second kappa shape index (κ2) is 7.19. The Labute approximate surface area is 115 Å². The van der Waals surface area contributed by atoms with Crippen LogP contribution in [0.2, 0.25) is 0 Å². The Hall–Kier alpha value is -1.48. The van der Waals surface area contributed by atoms with Gasteiger partial charge in [-0.3, -0.25) is 0 Å². The normalized spacial score (nSPS) is 11.1. The molecule has 2 aromatic rings. The van der Waals surface area contributed by atoms with E-state index in [0.717, 1.165) is 38.4 Å². The molecule has 0 aliphatic rings. The molecular weight excluding hydrogens is 236 g/mol. The van der Waals surface area contributed by atoms with Gasteiger partial charge in [0, 0.05) is 30.2 Å². The van der Waals surface area contributed by atoms with Crippen LogP contribution < -0.4 is 10.1 Å². The molecule has 0 fully saturated rings. The monoisotopic (exact) mass is 260 g/mol. The maximum absolute atomic E-state index is 5.66. The molecule has 0 spiro atoms. The molecule has 0 amide bonds. The summed E-state index contributed by atoms with van der Waals surface area (Å²) in [4.78, 5) is 0. The number of hydrogen-bond donors (Lipinski definition) is 1. The Morgan fingerprint density at radius 3 is 2.79 bits per heavy atom. The molecule has 3 heteroatoms. The Morgan fingerprint density at radius 2 is 2.00 bits per heavy atom. The maximum Gasteiger partial charge on any atom is 0.120 e. The average molecular weight is 260 g/mol. The lowest BCUT2D eigenvalue weighted by molar-refractivity contribution is 0.318. The zero-order valence-corrected chi connectivity index (χ0v) is 12.0. The van der Waals surface area contributed by atoms with Crippen molar-refractivity contribution in [2.45, 2.75) is 33.2 Å². The van der Waals surface area contributed by atoms with Crippen LogP contribution in [-0.2, 0) is 6.54 Å². The van der Waals surface area contributed by atoms with Gasteiger partial charge in [-0.15, -0.1) is 0 Å². The van der Waals surface area contributed by atoms with Crippen LogP contribution in [-0.4, -0.2) is 24.3 Å². The number of rotatable bonds is 8. The summed E-state index contributed by atoms with van der Waals surface area (Å²) in [7, 11) is 0. The van der Waals surface area contributed by atoms with Crippen LogP contribution in [0, 0.1) is 0 Å². The van der Waals surface area contributed by atoms with Crippen molar-refractivity contribution in [1.29, 1.82) is 0 Å². The van der Waals surface area contributed by atoms with Crippen molar-refractivity contribution < 1.29 is 4.74 Å². The standard InChI is InChI=1S/C16H24N2O/c1-3-8-17-9-11-18-10-7-14-13-15(19-12-4-2)5-6-16(14)18/h5-7,10,13,17H,3-4,8-9,11-12H2,1-2H3. The molecular formula is C16H24N2O. The summed E-state index contributed by atoms with van der Waals surface area (Å²) in [6, 6.07) is 8.50. The first-order valence-corrected chi connectivity index (χ1v) is 7.27. The average Bonchev–Trinajstić information content (AvgIpc) is 2.84. The molecule has 2 rings (SSSR count). The molecule has 3 nitrogen and oxygen atoms in total. The molecule has 0 saturated heterocycles. The van der Waals surface area contributed by atoms with Crippen LogP contribution in [0.3, 0.4) is 0 Å². The van der Waals surface area contributed by atoms with Crippen LogP contribution in [0.15, 0.2) is 30.5 Å². The highest BCUT2D eigenvalue weighted by Crippen LogP contribution is 2.22. The Kier molecular flexibility index (Phi) is 5.28. The van der Waals surface area contributed by atoms with Crippen molar-refractivity contribution in [3.05, 3.63) is 30.5 Å². The van der Waals surface area contributed by atoms with Crippen molar-refractivity contribution in [3.8, 4) is 5.75 Å². The SMILES string of the molecule is CCCNCCn1ccc2cc(OCCC)ccc21. The Balaban J connectivity index is 2.02. The predicted octanol–water partition coefficient (Wildman–Crippen LogP) is 3.43. The highest BCUT2D eigenvalue weighted by molar-refractivity contribution is 5.81. The number of aromatic nitrogens is 1. The van der Waals surface area contributed by atoms with E-state index in [1.165, 1.54) is 17.3 Å². The third-order valence-electron chi connectivity index (χ3n) is 3.17. The van der Waals surface area contributed by atoms with E-state index in [-0.39, 0.29) is 0 Å². The molecule has 0 bridgehead atoms. The smallest absolute Gasteiger partial charge is 0.120 e. The Bertz CT molecular complexity index is 504. The summed E-state index contributed by atoms with van der Waals surface area (Å²) < 4.78 is 7.96. The number of nitrogens with one attached hydrogen (secondary N) is 1. The summed E-state index contributed by atoms with van der Waals surface area (Å²) in [6.45, 7) is 8.22. The van der Waals surface area contributed by atoms with E-state index in [4.69, 9.17) is 4.74 Å². The van der Waals surface area contributed by atoms with E-state index < -0.39 is 0 Å². The van der Waals surface area contributed by atoms with E-state index in [0.29, 0.717) is 0 Å². The fourth-order valence-electron chi connectivity index (χ4n) is 2.18. The molecule has 0 radical (unpaired) electrons. The van der Waals surface area contributed by atoms with Gasteiger partial charge in [0.05, 0.1) is 6.61 Å². The molecule has 0 aliphatic heterocycles. The minimum absolute atomic E-state index is 0.785. The lowest BCUT2D eigenvalue weighted by Crippen LogP contribution is -2.20. The summed E-state index contributed by atoms with van der Waals surface area (Å²) in [5, 5.41) is 4.69. The van der Waals surface area contributed by atoms with Crippen LogP contribution in [0.5, 0.6) is 5.75 Å². The van der Waals surface area contributed by atoms with Crippen LogP contribution in [0.4, 0.5) is 0 Å². The lowest BCUT2D eigenvalue weighted by Gasteiger charge is -2.08. The van der Waals surface area contributed by atoms with Gasteiger partial charge < -0.3 is 14.6 Å². The molecule has 1 aromatic carbocycles. The minimum Gasteiger partial charge on any atom is -0.494 e. The third-order valence-corrected chi connectivity index (χ3v) is 3.17. The first kappa shape index (κ1) is 13.9. The molecule has 104 valence electrons. The van der Waals surface area contributed by atoms with Gasteiger partial charge in [0.2, 0.25) is 0 Å². The van der Waals surface area contributed by atoms with Crippen molar-refractivity contribution in [2.75, 3.05) is 19.7 Å². The fourth-order valence-corrected chi connectivity index (χ4v) is 2.18. The highest BCUT2D eigenvalue weighted by atomic mass is 16.5. The fraction of sp³-hybridized carbons (Fsp3) is 0.500. The van der Waals surface area contributed by atoms with E-state index in [9.17, 15) is 0 Å². The zero-order valence-electron chi connectivity index (χ0n) is 12.0. The molecule has 1 N–H and O–H groups in total. The van der Waals surface area contributed by atoms with Gasteiger partial charge in [0.1, 0.15) is 5.75 Å².